The summed E-state index contributed by atoms with van der Waals surface area (Å²) in [7, 11) is 0. The Labute approximate surface area is 153 Å². The number of carbonyl (C=O) groups is 1. The van der Waals surface area contributed by atoms with Gasteiger partial charge in [-0.3, -0.25) is 14.9 Å². The van der Waals surface area contributed by atoms with Crippen molar-refractivity contribution in [3.63, 3.8) is 0 Å². The van der Waals surface area contributed by atoms with Crippen LogP contribution < -0.4 is 9.64 Å². The highest BCUT2D eigenvalue weighted by molar-refractivity contribution is 6.05. The molecule has 0 aliphatic carbocycles. The van der Waals surface area contributed by atoms with E-state index in [0.717, 1.165) is 5.56 Å². The molecule has 0 bridgehead atoms. The number of anilines is 1. The molecule has 1 amide bonds. The molecule has 3 rings (SSSR count). The second kappa shape index (κ2) is 7.94. The number of ether oxygens (including phenoxy) is 1. The number of nitrogens with zero attached hydrogens (tertiary/aromatic N) is 2. The van der Waals surface area contributed by atoms with E-state index < -0.39 is 17.4 Å². The van der Waals surface area contributed by atoms with E-state index in [-0.39, 0.29) is 17.0 Å². The van der Waals surface area contributed by atoms with E-state index in [0.29, 0.717) is 25.1 Å². The molecule has 0 radical (unpaired) electrons. The lowest BCUT2D eigenvalue weighted by atomic mass is 10.0. The lowest BCUT2D eigenvalue weighted by molar-refractivity contribution is -0.385. The Morgan fingerprint density at radius 1 is 1.22 bits per heavy atom. The number of carbonyl (C=O) groups excluding carboxylic acids is 1. The van der Waals surface area contributed by atoms with E-state index in [1.54, 1.807) is 18.2 Å². The quantitative estimate of drug-likeness (QED) is 0.447. The molecule has 0 spiro atoms. The molecule has 27 heavy (non-hydrogen) atoms. The number of nitro benzene ring substituents is 1. The monoisotopic (exact) mass is 374 g/mol. The van der Waals surface area contributed by atoms with Crippen LogP contribution in [-0.4, -0.2) is 24.0 Å². The molecule has 1 aliphatic heterocycles. The van der Waals surface area contributed by atoms with Gasteiger partial charge >= 0.3 is 6.61 Å². The zero-order chi connectivity index (χ0) is 19.4. The summed E-state index contributed by atoms with van der Waals surface area (Å²) in [5.41, 5.74) is 1.22. The Kier molecular flexibility index (Phi) is 5.44. The van der Waals surface area contributed by atoms with Crippen LogP contribution in [0.15, 0.2) is 48.5 Å². The van der Waals surface area contributed by atoms with Crippen LogP contribution in [0.1, 0.15) is 17.5 Å². The molecule has 0 fully saturated rings. The summed E-state index contributed by atoms with van der Waals surface area (Å²) in [5.74, 6) is -0.519. The van der Waals surface area contributed by atoms with Crippen molar-refractivity contribution in [1.29, 1.82) is 0 Å². The fraction of sp³-hybridized carbons (Fsp3) is 0.211. The topological polar surface area (TPSA) is 72.7 Å². The molecule has 0 aromatic heterocycles. The lowest BCUT2D eigenvalue weighted by Crippen LogP contribution is -2.34. The number of benzene rings is 2. The number of hydrogen-bond donors (Lipinski definition) is 0. The van der Waals surface area contributed by atoms with E-state index in [1.807, 2.05) is 0 Å². The molecule has 2 aromatic carbocycles. The Balaban J connectivity index is 1.91. The second-order valence-electron chi connectivity index (χ2n) is 5.89. The summed E-state index contributed by atoms with van der Waals surface area (Å²) in [4.78, 5) is 24.6. The standard InChI is InChI=1S/C19H16F2N2O4/c20-19(21)27-16-9-3-6-14-7-4-12-22(18(14)16)17(24)11-10-13-5-1-2-8-15(13)23(25)26/h1-3,5-6,8-11,19H,4,7,12H2/b11-10+. The molecule has 1 heterocycles. The Morgan fingerprint density at radius 3 is 2.74 bits per heavy atom. The second-order valence-corrected chi connectivity index (χ2v) is 5.89. The molecule has 8 heteroatoms. The van der Waals surface area contributed by atoms with Crippen molar-refractivity contribution in [3.8, 4) is 5.75 Å². The van der Waals surface area contributed by atoms with Crippen LogP contribution in [0.3, 0.4) is 0 Å². The summed E-state index contributed by atoms with van der Waals surface area (Å²) in [5, 5.41) is 11.1. The van der Waals surface area contributed by atoms with Gasteiger partial charge in [0.15, 0.2) is 0 Å². The van der Waals surface area contributed by atoms with Crippen molar-refractivity contribution in [2.75, 3.05) is 11.4 Å². The smallest absolute Gasteiger partial charge is 0.387 e. The molecule has 140 valence electrons. The molecule has 6 nitrogen and oxygen atoms in total. The van der Waals surface area contributed by atoms with Gasteiger partial charge in [0.2, 0.25) is 0 Å². The van der Waals surface area contributed by atoms with E-state index >= 15 is 0 Å². The summed E-state index contributed by atoms with van der Waals surface area (Å²) >= 11 is 0. The van der Waals surface area contributed by atoms with Gasteiger partial charge in [-0.2, -0.15) is 8.78 Å². The lowest BCUT2D eigenvalue weighted by Gasteiger charge is -2.30. The molecular weight excluding hydrogens is 358 g/mol. The number of alkyl halides is 2. The number of para-hydroxylation sites is 2. The van der Waals surface area contributed by atoms with Crippen LogP contribution in [0.4, 0.5) is 20.2 Å². The number of amides is 1. The zero-order valence-electron chi connectivity index (χ0n) is 14.2. The van der Waals surface area contributed by atoms with Gasteiger partial charge in [-0.1, -0.05) is 24.3 Å². The zero-order valence-corrected chi connectivity index (χ0v) is 14.2. The van der Waals surface area contributed by atoms with Crippen LogP contribution in [0.5, 0.6) is 5.75 Å². The fourth-order valence-electron chi connectivity index (χ4n) is 3.07. The molecule has 0 saturated heterocycles. The van der Waals surface area contributed by atoms with Crippen LogP contribution in [0.25, 0.3) is 6.08 Å². The minimum absolute atomic E-state index is 0.0605. The highest BCUT2D eigenvalue weighted by atomic mass is 19.3. The summed E-state index contributed by atoms with van der Waals surface area (Å²) in [6.45, 7) is -2.66. The van der Waals surface area contributed by atoms with Crippen molar-refractivity contribution in [1.82, 2.24) is 0 Å². The molecule has 2 aromatic rings. The van der Waals surface area contributed by atoms with Gasteiger partial charge in [0.25, 0.3) is 11.6 Å². The van der Waals surface area contributed by atoms with Crippen LogP contribution in [0.2, 0.25) is 0 Å². The Morgan fingerprint density at radius 2 is 2.00 bits per heavy atom. The van der Waals surface area contributed by atoms with Crippen molar-refractivity contribution in [2.24, 2.45) is 0 Å². The maximum atomic E-state index is 12.7. The molecule has 1 aliphatic rings. The Bertz CT molecular complexity index is 899. The first-order chi connectivity index (χ1) is 13.0. The van der Waals surface area contributed by atoms with Crippen molar-refractivity contribution in [2.45, 2.75) is 19.5 Å². The maximum Gasteiger partial charge on any atom is 0.387 e. The van der Waals surface area contributed by atoms with Gasteiger partial charge in [0.05, 0.1) is 16.2 Å². The first-order valence-corrected chi connectivity index (χ1v) is 8.27. The minimum atomic E-state index is -3.00. The molecule has 0 saturated carbocycles. The van der Waals surface area contributed by atoms with Gasteiger partial charge in [-0.05, 0) is 36.6 Å². The van der Waals surface area contributed by atoms with Crippen LogP contribution in [-0.2, 0) is 11.2 Å². The number of fused-ring (bicyclic) bond motifs is 1. The van der Waals surface area contributed by atoms with E-state index in [4.69, 9.17) is 0 Å². The largest absolute Gasteiger partial charge is 0.433 e. The first-order valence-electron chi connectivity index (χ1n) is 8.27. The average Bonchev–Trinajstić information content (AvgIpc) is 2.65. The highest BCUT2D eigenvalue weighted by Gasteiger charge is 2.26. The summed E-state index contributed by atoms with van der Waals surface area (Å²) in [6.07, 6.45) is 3.88. The number of rotatable bonds is 5. The molecule has 0 atom stereocenters. The van der Waals surface area contributed by atoms with Crippen molar-refractivity contribution < 1.29 is 23.2 Å². The maximum absolute atomic E-state index is 12.7. The van der Waals surface area contributed by atoms with Gasteiger partial charge in [0.1, 0.15) is 5.75 Å². The predicted octanol–water partition coefficient (Wildman–Crippen LogP) is 4.19. The van der Waals surface area contributed by atoms with Gasteiger partial charge in [0, 0.05) is 18.7 Å². The van der Waals surface area contributed by atoms with E-state index in [9.17, 15) is 23.7 Å². The van der Waals surface area contributed by atoms with Crippen molar-refractivity contribution in [3.05, 3.63) is 69.8 Å². The van der Waals surface area contributed by atoms with E-state index in [1.165, 1.54) is 41.3 Å². The van der Waals surface area contributed by atoms with Crippen LogP contribution >= 0.6 is 0 Å². The third-order valence-electron chi connectivity index (χ3n) is 4.20. The number of nitro groups is 1. The molecule has 0 N–H and O–H groups in total. The third kappa shape index (κ3) is 4.11. The van der Waals surface area contributed by atoms with Gasteiger partial charge < -0.3 is 9.64 Å². The number of aryl methyl sites for hydroxylation is 1. The summed E-state index contributed by atoms with van der Waals surface area (Å²) in [6, 6.07) is 10.8. The molecular formula is C19H16F2N2O4. The average molecular weight is 374 g/mol. The third-order valence-corrected chi connectivity index (χ3v) is 4.20. The normalized spacial score (nSPS) is 13.7. The number of hydrogen-bond acceptors (Lipinski definition) is 4. The Hall–Kier alpha value is -3.29. The first kappa shape index (κ1) is 18.5. The van der Waals surface area contributed by atoms with E-state index in [2.05, 4.69) is 4.74 Å². The molecule has 0 unspecified atom stereocenters. The highest BCUT2D eigenvalue weighted by Crippen LogP contribution is 2.37. The van der Waals surface area contributed by atoms with Crippen LogP contribution in [0, 0.1) is 10.1 Å². The predicted molar refractivity (Wildman–Crippen MR) is 95.9 cm³/mol. The number of halogens is 2. The van der Waals surface area contributed by atoms with Gasteiger partial charge in [-0.25, -0.2) is 0 Å². The van der Waals surface area contributed by atoms with Gasteiger partial charge in [-0.15, -0.1) is 0 Å². The fourth-order valence-corrected chi connectivity index (χ4v) is 3.07. The SMILES string of the molecule is O=C(/C=C/c1ccccc1[N+](=O)[O-])N1CCCc2cccc(OC(F)F)c21. The minimum Gasteiger partial charge on any atom is -0.433 e. The summed E-state index contributed by atoms with van der Waals surface area (Å²) < 4.78 is 30.0. The van der Waals surface area contributed by atoms with Crippen molar-refractivity contribution >= 4 is 23.4 Å².